The van der Waals surface area contributed by atoms with Crippen LogP contribution in [0.15, 0.2) is 85.1 Å². The molecule has 0 bridgehead atoms. The lowest BCUT2D eigenvalue weighted by Gasteiger charge is -2.22. The lowest BCUT2D eigenvalue weighted by Crippen LogP contribution is -2.32. The summed E-state index contributed by atoms with van der Waals surface area (Å²) in [4.78, 5) is 19.2. The number of nitrogens with zero attached hydrogens (tertiary/aromatic N) is 2. The van der Waals surface area contributed by atoms with E-state index in [0.717, 1.165) is 13.0 Å². The first-order valence-electron chi connectivity index (χ1n) is 9.75. The number of carbonyl (C=O) groups excluding carboxylic acids is 1. The fourth-order valence-corrected chi connectivity index (χ4v) is 3.74. The van der Waals surface area contributed by atoms with Gasteiger partial charge in [0.1, 0.15) is 6.10 Å². The van der Waals surface area contributed by atoms with Crippen LogP contribution in [0.3, 0.4) is 0 Å². The van der Waals surface area contributed by atoms with Gasteiger partial charge in [-0.3, -0.25) is 4.79 Å². The summed E-state index contributed by atoms with van der Waals surface area (Å²) in [7, 11) is 0. The van der Waals surface area contributed by atoms with Gasteiger partial charge in [-0.25, -0.2) is 4.98 Å². The first-order valence-corrected chi connectivity index (χ1v) is 9.75. The van der Waals surface area contributed by atoms with Crippen molar-refractivity contribution in [3.63, 3.8) is 0 Å². The summed E-state index contributed by atoms with van der Waals surface area (Å²) in [6, 6.07) is 26.2. The van der Waals surface area contributed by atoms with E-state index in [-0.39, 0.29) is 17.9 Å². The van der Waals surface area contributed by atoms with Crippen LogP contribution >= 0.6 is 0 Å². The van der Waals surface area contributed by atoms with E-state index in [1.54, 1.807) is 6.20 Å². The van der Waals surface area contributed by atoms with Gasteiger partial charge in [0.25, 0.3) is 0 Å². The van der Waals surface area contributed by atoms with Crippen molar-refractivity contribution < 1.29 is 9.53 Å². The quantitative estimate of drug-likeness (QED) is 0.648. The molecule has 1 fully saturated rings. The first-order chi connectivity index (χ1) is 13.8. The standard InChI is InChI=1S/C24H24N2O2/c27-24(26-16-14-21(18-26)28-23-13-7-8-15-25-23)17-22(19-9-3-1-4-10-19)20-11-5-2-6-12-20/h1-13,15,21-22H,14,16-18H2. The Morgan fingerprint density at radius 3 is 2.21 bits per heavy atom. The molecule has 0 spiro atoms. The maximum absolute atomic E-state index is 13.1. The molecule has 0 N–H and O–H groups in total. The molecule has 0 aliphatic carbocycles. The van der Waals surface area contributed by atoms with Crippen LogP contribution in [-0.4, -0.2) is 35.0 Å². The smallest absolute Gasteiger partial charge is 0.223 e. The van der Waals surface area contributed by atoms with Crippen LogP contribution in [-0.2, 0) is 4.79 Å². The Balaban J connectivity index is 1.43. The summed E-state index contributed by atoms with van der Waals surface area (Å²) in [5, 5.41) is 0. The molecule has 2 heterocycles. The third-order valence-electron chi connectivity index (χ3n) is 5.21. The van der Waals surface area contributed by atoms with Gasteiger partial charge in [-0.2, -0.15) is 0 Å². The largest absolute Gasteiger partial charge is 0.472 e. The molecule has 1 aromatic heterocycles. The predicted octanol–water partition coefficient (Wildman–Crippen LogP) is 4.28. The van der Waals surface area contributed by atoms with E-state index >= 15 is 0 Å². The van der Waals surface area contributed by atoms with Gasteiger partial charge in [-0.05, 0) is 17.2 Å². The number of carbonyl (C=O) groups is 1. The Morgan fingerprint density at radius 2 is 1.61 bits per heavy atom. The number of ether oxygens (including phenoxy) is 1. The van der Waals surface area contributed by atoms with Crippen LogP contribution in [0, 0.1) is 0 Å². The highest BCUT2D eigenvalue weighted by Gasteiger charge is 2.29. The predicted molar refractivity (Wildman–Crippen MR) is 109 cm³/mol. The molecule has 2 aromatic carbocycles. The van der Waals surface area contributed by atoms with Gasteiger partial charge in [0, 0.05) is 37.6 Å². The molecule has 4 rings (SSSR count). The number of amides is 1. The summed E-state index contributed by atoms with van der Waals surface area (Å²) in [5.41, 5.74) is 2.34. The highest BCUT2D eigenvalue weighted by molar-refractivity contribution is 5.78. The first kappa shape index (κ1) is 18.2. The van der Waals surface area contributed by atoms with Crippen LogP contribution in [0.5, 0.6) is 5.88 Å². The molecule has 0 radical (unpaired) electrons. The molecule has 4 nitrogen and oxygen atoms in total. The average molecular weight is 372 g/mol. The lowest BCUT2D eigenvalue weighted by molar-refractivity contribution is -0.130. The topological polar surface area (TPSA) is 42.4 Å². The summed E-state index contributed by atoms with van der Waals surface area (Å²) >= 11 is 0. The molecule has 1 aliphatic heterocycles. The Labute approximate surface area is 165 Å². The number of aromatic nitrogens is 1. The van der Waals surface area contributed by atoms with E-state index in [2.05, 4.69) is 29.2 Å². The summed E-state index contributed by atoms with van der Waals surface area (Å²) in [6.45, 7) is 1.35. The molecule has 4 heteroatoms. The monoisotopic (exact) mass is 372 g/mol. The van der Waals surface area contributed by atoms with Crippen molar-refractivity contribution in [1.82, 2.24) is 9.88 Å². The molecule has 1 amide bonds. The SMILES string of the molecule is O=C(CC(c1ccccc1)c1ccccc1)N1CCC(Oc2ccccn2)C1. The molecule has 1 atom stereocenters. The van der Waals surface area contributed by atoms with Crippen molar-refractivity contribution in [1.29, 1.82) is 0 Å². The van der Waals surface area contributed by atoms with Crippen LogP contribution in [0.4, 0.5) is 0 Å². The van der Waals surface area contributed by atoms with Crippen LogP contribution < -0.4 is 4.74 Å². The number of benzene rings is 2. The highest BCUT2D eigenvalue weighted by atomic mass is 16.5. The average Bonchev–Trinajstić information content (AvgIpc) is 3.22. The van der Waals surface area contributed by atoms with Gasteiger partial charge in [-0.1, -0.05) is 66.7 Å². The van der Waals surface area contributed by atoms with Gasteiger partial charge < -0.3 is 9.64 Å². The van der Waals surface area contributed by atoms with Gasteiger partial charge in [0.2, 0.25) is 11.8 Å². The second-order valence-corrected chi connectivity index (χ2v) is 7.11. The lowest BCUT2D eigenvalue weighted by atomic mass is 9.88. The van der Waals surface area contributed by atoms with Crippen molar-refractivity contribution >= 4 is 5.91 Å². The van der Waals surface area contributed by atoms with Gasteiger partial charge >= 0.3 is 0 Å². The minimum absolute atomic E-state index is 0.00532. The van der Waals surface area contributed by atoms with Crippen LogP contribution in [0.1, 0.15) is 29.9 Å². The van der Waals surface area contributed by atoms with Gasteiger partial charge in [0.05, 0.1) is 6.54 Å². The number of hydrogen-bond donors (Lipinski definition) is 0. The molecule has 142 valence electrons. The number of likely N-dealkylation sites (tertiary alicyclic amines) is 1. The Morgan fingerprint density at radius 1 is 0.964 bits per heavy atom. The van der Waals surface area contributed by atoms with Crippen molar-refractivity contribution in [3.8, 4) is 5.88 Å². The second kappa shape index (κ2) is 8.70. The normalized spacial score (nSPS) is 16.3. The van der Waals surface area contributed by atoms with E-state index in [9.17, 15) is 4.79 Å². The Bertz CT molecular complexity index is 845. The zero-order valence-corrected chi connectivity index (χ0v) is 15.8. The van der Waals surface area contributed by atoms with Crippen LogP contribution in [0.2, 0.25) is 0 Å². The molecule has 3 aromatic rings. The molecular weight excluding hydrogens is 348 g/mol. The van der Waals surface area contributed by atoms with E-state index in [4.69, 9.17) is 4.74 Å². The van der Waals surface area contributed by atoms with Gasteiger partial charge in [-0.15, -0.1) is 0 Å². The second-order valence-electron chi connectivity index (χ2n) is 7.11. The minimum Gasteiger partial charge on any atom is -0.472 e. The van der Waals surface area contributed by atoms with Gasteiger partial charge in [0.15, 0.2) is 0 Å². The highest BCUT2D eigenvalue weighted by Crippen LogP contribution is 2.29. The van der Waals surface area contributed by atoms with E-state index in [1.807, 2.05) is 59.5 Å². The molecular formula is C24H24N2O2. The molecule has 1 unspecified atom stereocenters. The van der Waals surface area contributed by atoms with Crippen molar-refractivity contribution in [2.45, 2.75) is 24.9 Å². The fourth-order valence-electron chi connectivity index (χ4n) is 3.74. The zero-order valence-electron chi connectivity index (χ0n) is 15.8. The third kappa shape index (κ3) is 4.39. The summed E-state index contributed by atoms with van der Waals surface area (Å²) in [5.74, 6) is 0.851. The minimum atomic E-state index is 0.00532. The van der Waals surface area contributed by atoms with Crippen molar-refractivity contribution in [2.24, 2.45) is 0 Å². The van der Waals surface area contributed by atoms with Crippen LogP contribution in [0.25, 0.3) is 0 Å². The summed E-state index contributed by atoms with van der Waals surface area (Å²) in [6.07, 6.45) is 3.02. The number of hydrogen-bond acceptors (Lipinski definition) is 3. The zero-order chi connectivity index (χ0) is 19.2. The van der Waals surface area contributed by atoms with E-state index in [0.29, 0.717) is 18.8 Å². The number of rotatable bonds is 6. The number of pyridine rings is 1. The van der Waals surface area contributed by atoms with Crippen molar-refractivity contribution in [3.05, 3.63) is 96.2 Å². The maximum atomic E-state index is 13.1. The summed E-state index contributed by atoms with van der Waals surface area (Å²) < 4.78 is 5.92. The third-order valence-corrected chi connectivity index (χ3v) is 5.21. The molecule has 1 aliphatic rings. The maximum Gasteiger partial charge on any atom is 0.223 e. The van der Waals surface area contributed by atoms with Crippen molar-refractivity contribution in [2.75, 3.05) is 13.1 Å². The fraction of sp³-hybridized carbons (Fsp3) is 0.250. The van der Waals surface area contributed by atoms with E-state index in [1.165, 1.54) is 11.1 Å². The molecule has 1 saturated heterocycles. The molecule has 0 saturated carbocycles. The van der Waals surface area contributed by atoms with E-state index < -0.39 is 0 Å². The Hall–Kier alpha value is -3.14. The Kier molecular flexibility index (Phi) is 5.66. The molecule has 28 heavy (non-hydrogen) atoms.